The Balaban J connectivity index is 1.09. The van der Waals surface area contributed by atoms with E-state index in [-0.39, 0.29) is 5.69 Å². The van der Waals surface area contributed by atoms with Crippen molar-refractivity contribution >= 4 is 75.8 Å². The van der Waals surface area contributed by atoms with Gasteiger partial charge in [-0.25, -0.2) is 0 Å². The minimum atomic E-state index is -6.09. The predicted octanol–water partition coefficient (Wildman–Crippen LogP) is 15.6. The van der Waals surface area contributed by atoms with Crippen molar-refractivity contribution in [2.24, 2.45) is 0 Å². The van der Waals surface area contributed by atoms with Crippen LogP contribution in [0.3, 0.4) is 0 Å². The minimum Gasteiger partial charge on any atom is -0.374 e. The monoisotopic (exact) mass is 904 g/mol. The first-order valence-electron chi connectivity index (χ1n) is 21.3. The van der Waals surface area contributed by atoms with Crippen LogP contribution in [0.15, 0.2) is 212 Å². The van der Waals surface area contributed by atoms with Crippen molar-refractivity contribution in [3.05, 3.63) is 235 Å². The molecule has 0 bridgehead atoms. The molecule has 0 saturated heterocycles. The second kappa shape index (κ2) is 14.9. The normalized spacial score (nSPS) is 13.3. The van der Waals surface area contributed by atoms with Gasteiger partial charge in [0, 0.05) is 48.6 Å². The zero-order chi connectivity index (χ0) is 44.8. The number of anilines is 6. The van der Waals surface area contributed by atoms with Crippen molar-refractivity contribution in [1.82, 2.24) is 0 Å². The summed E-state index contributed by atoms with van der Waals surface area (Å²) in [7, 11) is -6.09. The van der Waals surface area contributed by atoms with E-state index in [0.717, 1.165) is 48.2 Å². The van der Waals surface area contributed by atoms with Gasteiger partial charge in [-0.15, -0.1) is 11.3 Å². The average molecular weight is 905 g/mol. The molecule has 0 fully saturated rings. The Labute approximate surface area is 383 Å². The lowest BCUT2D eigenvalue weighted by molar-refractivity contribution is -0.0499. The SMILES string of the molecule is O=S(=O)(Oc1ccc(N(c2ccccc2)c2ccc3c(c2)-c2ccccc2C32c3ccccc3-c3ccccc32)cc1N(c1ccccc1)c1ccc2sc3ccccc3c2c1)C(F)(F)F. The van der Waals surface area contributed by atoms with Gasteiger partial charge in [-0.2, -0.15) is 21.6 Å². The van der Waals surface area contributed by atoms with Crippen LogP contribution in [0, 0.1) is 0 Å². The molecule has 9 aromatic carbocycles. The molecule has 1 spiro atoms. The molecule has 5 nitrogen and oxygen atoms in total. The molecule has 0 radical (unpaired) electrons. The zero-order valence-electron chi connectivity index (χ0n) is 34.8. The van der Waals surface area contributed by atoms with Gasteiger partial charge in [-0.1, -0.05) is 133 Å². The van der Waals surface area contributed by atoms with E-state index in [1.54, 1.807) is 28.4 Å². The van der Waals surface area contributed by atoms with Crippen LogP contribution >= 0.6 is 11.3 Å². The molecular formula is C56H35F3N2O3S2. The zero-order valence-corrected chi connectivity index (χ0v) is 36.4. The van der Waals surface area contributed by atoms with Gasteiger partial charge in [0.1, 0.15) is 0 Å². The molecule has 2 aliphatic carbocycles. The Bertz CT molecular complexity index is 3620. The highest BCUT2D eigenvalue weighted by atomic mass is 32.2. The first-order chi connectivity index (χ1) is 32.1. The van der Waals surface area contributed by atoms with E-state index in [4.69, 9.17) is 4.18 Å². The molecule has 10 heteroatoms. The maximum absolute atomic E-state index is 14.2. The van der Waals surface area contributed by atoms with E-state index < -0.39 is 26.8 Å². The summed E-state index contributed by atoms with van der Waals surface area (Å²) in [6.45, 7) is 0. The van der Waals surface area contributed by atoms with Crippen LogP contribution in [0.5, 0.6) is 5.75 Å². The minimum absolute atomic E-state index is 0.0796. The second-order valence-corrected chi connectivity index (χ2v) is 19.0. The highest BCUT2D eigenvalue weighted by Crippen LogP contribution is 2.63. The number of fused-ring (bicyclic) bond motifs is 13. The molecule has 0 amide bonds. The fraction of sp³-hybridized carbons (Fsp3) is 0.0357. The number of hydrogen-bond acceptors (Lipinski definition) is 6. The van der Waals surface area contributed by atoms with Gasteiger partial charge in [-0.05, 0) is 123 Å². The van der Waals surface area contributed by atoms with Gasteiger partial charge in [0.2, 0.25) is 0 Å². The molecule has 0 N–H and O–H groups in total. The topological polar surface area (TPSA) is 49.9 Å². The summed E-state index contributed by atoms with van der Waals surface area (Å²) in [5.74, 6) is -0.494. The predicted molar refractivity (Wildman–Crippen MR) is 261 cm³/mol. The summed E-state index contributed by atoms with van der Waals surface area (Å²) >= 11 is 1.64. The van der Waals surface area contributed by atoms with E-state index in [1.807, 2.05) is 108 Å². The summed E-state index contributed by atoms with van der Waals surface area (Å²) in [6, 6.07) is 69.6. The van der Waals surface area contributed by atoms with Crippen LogP contribution in [0.25, 0.3) is 42.4 Å². The number of nitrogens with zero attached hydrogens (tertiary/aromatic N) is 2. The lowest BCUT2D eigenvalue weighted by Crippen LogP contribution is -2.28. The summed E-state index contributed by atoms with van der Waals surface area (Å²) in [6.07, 6.45) is 0. The largest absolute Gasteiger partial charge is 0.534 e. The van der Waals surface area contributed by atoms with E-state index in [2.05, 4.69) is 91.0 Å². The molecule has 0 aliphatic heterocycles. The van der Waals surface area contributed by atoms with Crippen molar-refractivity contribution in [3.63, 3.8) is 0 Å². The number of para-hydroxylation sites is 2. The summed E-state index contributed by atoms with van der Waals surface area (Å²) in [5.41, 5.74) is 6.42. The molecule has 12 rings (SSSR count). The van der Waals surface area contributed by atoms with Gasteiger partial charge in [-0.3, -0.25) is 0 Å². The highest BCUT2D eigenvalue weighted by molar-refractivity contribution is 7.88. The van der Waals surface area contributed by atoms with Crippen LogP contribution in [0.1, 0.15) is 22.3 Å². The van der Waals surface area contributed by atoms with Gasteiger partial charge < -0.3 is 14.0 Å². The van der Waals surface area contributed by atoms with Crippen molar-refractivity contribution in [2.45, 2.75) is 10.9 Å². The van der Waals surface area contributed by atoms with Crippen molar-refractivity contribution in [2.75, 3.05) is 9.80 Å². The first-order valence-corrected chi connectivity index (χ1v) is 23.5. The Kier molecular flexibility index (Phi) is 9.04. The Hall–Kier alpha value is -7.66. The van der Waals surface area contributed by atoms with Crippen LogP contribution in [-0.2, 0) is 15.5 Å². The third-order valence-corrected chi connectivity index (χ3v) is 14.9. The van der Waals surface area contributed by atoms with Gasteiger partial charge in [0.25, 0.3) is 0 Å². The third-order valence-electron chi connectivity index (χ3n) is 12.8. The molecule has 320 valence electrons. The number of alkyl halides is 3. The first kappa shape index (κ1) is 39.9. The van der Waals surface area contributed by atoms with Gasteiger partial charge in [0.15, 0.2) is 5.75 Å². The van der Waals surface area contributed by atoms with E-state index in [0.29, 0.717) is 17.1 Å². The molecule has 0 saturated carbocycles. The number of benzene rings is 9. The number of hydrogen-bond donors (Lipinski definition) is 0. The fourth-order valence-corrected chi connectivity index (χ4v) is 11.7. The molecule has 66 heavy (non-hydrogen) atoms. The lowest BCUT2D eigenvalue weighted by Gasteiger charge is -2.32. The Morgan fingerprint density at radius 3 is 1.53 bits per heavy atom. The summed E-state index contributed by atoms with van der Waals surface area (Å²) in [4.78, 5) is 3.78. The number of halogens is 3. The summed E-state index contributed by atoms with van der Waals surface area (Å²) in [5, 5.41) is 1.97. The lowest BCUT2D eigenvalue weighted by atomic mass is 9.70. The van der Waals surface area contributed by atoms with Crippen LogP contribution < -0.4 is 14.0 Å². The molecule has 2 aliphatic rings. The third kappa shape index (κ3) is 6.02. The van der Waals surface area contributed by atoms with Crippen LogP contribution in [0.4, 0.5) is 47.3 Å². The molecule has 1 aromatic heterocycles. The van der Waals surface area contributed by atoms with Crippen LogP contribution in [0.2, 0.25) is 0 Å². The maximum atomic E-state index is 14.2. The Morgan fingerprint density at radius 1 is 0.424 bits per heavy atom. The van der Waals surface area contributed by atoms with Gasteiger partial charge >= 0.3 is 15.6 Å². The van der Waals surface area contributed by atoms with Crippen LogP contribution in [-0.4, -0.2) is 13.9 Å². The second-order valence-electron chi connectivity index (χ2n) is 16.4. The smallest absolute Gasteiger partial charge is 0.374 e. The average Bonchev–Trinajstić information content (AvgIpc) is 3.96. The highest BCUT2D eigenvalue weighted by Gasteiger charge is 2.52. The van der Waals surface area contributed by atoms with Crippen molar-refractivity contribution in [1.29, 1.82) is 0 Å². The van der Waals surface area contributed by atoms with E-state index in [1.165, 1.54) is 33.9 Å². The number of rotatable bonds is 8. The van der Waals surface area contributed by atoms with Crippen molar-refractivity contribution in [3.8, 4) is 28.0 Å². The standard InChI is InChI=1S/C56H35F3N2O3S2/c57-56(58,59)66(62,63)64-52-31-28-40(35-51(52)61(37-17-5-2-6-18-37)39-29-32-54-46(34-39)44-22-10-14-26-53(44)65-54)60(36-15-3-1-4-16-36)38-27-30-50-45(33-38)43-21-9-13-25-49(43)55(50)47-23-11-7-19-41(47)42-20-8-12-24-48(42)55/h1-35H. The quantitative estimate of drug-likeness (QED) is 0.112. The molecule has 0 atom stereocenters. The van der Waals surface area contributed by atoms with E-state index in [9.17, 15) is 21.6 Å². The molecular weight excluding hydrogens is 870 g/mol. The van der Waals surface area contributed by atoms with Crippen molar-refractivity contribution < 1.29 is 25.8 Å². The Morgan fingerprint density at radius 2 is 0.894 bits per heavy atom. The molecule has 1 heterocycles. The van der Waals surface area contributed by atoms with Gasteiger partial charge in [0.05, 0.1) is 11.1 Å². The number of thiophene rings is 1. The fourth-order valence-electron chi connectivity index (χ4n) is 10.2. The molecule has 0 unspecified atom stereocenters. The summed E-state index contributed by atoms with van der Waals surface area (Å²) < 4.78 is 75.6. The van der Waals surface area contributed by atoms with E-state index >= 15 is 0 Å². The molecule has 10 aromatic rings. The maximum Gasteiger partial charge on any atom is 0.534 e.